The minimum atomic E-state index is -1.04. The topological polar surface area (TPSA) is 96.3 Å². The molecule has 1 aliphatic carbocycles. The van der Waals surface area contributed by atoms with Crippen LogP contribution >= 0.6 is 0 Å². The van der Waals surface area contributed by atoms with Crippen molar-refractivity contribution in [3.8, 4) is 0 Å². The Kier molecular flexibility index (Phi) is 6.59. The van der Waals surface area contributed by atoms with E-state index in [0.717, 1.165) is 38.5 Å². The number of hydrogen-bond donors (Lipinski definition) is 2. The third kappa shape index (κ3) is 4.46. The first-order valence-electron chi connectivity index (χ1n) is 10.8. The highest BCUT2D eigenvalue weighted by molar-refractivity contribution is 6.01. The predicted molar refractivity (Wildman–Crippen MR) is 110 cm³/mol. The van der Waals surface area contributed by atoms with E-state index in [2.05, 4.69) is 22.7 Å². The second kappa shape index (κ2) is 8.97. The maximum Gasteiger partial charge on any atom is 0.272 e. The van der Waals surface area contributed by atoms with E-state index in [9.17, 15) is 14.4 Å². The molecule has 29 heavy (non-hydrogen) atoms. The summed E-state index contributed by atoms with van der Waals surface area (Å²) in [5.74, 6) is -0.745. The summed E-state index contributed by atoms with van der Waals surface area (Å²) in [6.45, 7) is 4.62. The Morgan fingerprint density at radius 3 is 2.59 bits per heavy atom. The lowest BCUT2D eigenvalue weighted by Crippen LogP contribution is -2.63. The zero-order valence-corrected chi connectivity index (χ0v) is 17.8. The monoisotopic (exact) mass is 403 g/mol. The van der Waals surface area contributed by atoms with E-state index < -0.39 is 5.54 Å². The second-order valence-corrected chi connectivity index (χ2v) is 8.48. The molecule has 1 aromatic rings. The number of carbonyl (C=O) groups is 3. The van der Waals surface area contributed by atoms with Crippen LogP contribution in [0.5, 0.6) is 0 Å². The van der Waals surface area contributed by atoms with Crippen molar-refractivity contribution in [1.82, 2.24) is 25.3 Å². The summed E-state index contributed by atoms with van der Waals surface area (Å²) in [6.07, 6.45) is 8.50. The standard InChI is InChI=1S/C21H33N5O3/c1-4-5-12-22-18(27)16-13-17-19(28)25(3)21(2,14-26(17)24-16)20(29)23-15-10-8-6-7-9-11-15/h13,15H,4-12,14H2,1-3H3,(H,22,27)(H,23,29)/t21-/m0/s1. The van der Waals surface area contributed by atoms with E-state index in [1.807, 2.05) is 0 Å². The molecular weight excluding hydrogens is 370 g/mol. The molecule has 2 N–H and O–H groups in total. The first kappa shape index (κ1) is 21.3. The van der Waals surface area contributed by atoms with Gasteiger partial charge in [0, 0.05) is 25.7 Å². The van der Waals surface area contributed by atoms with Crippen molar-refractivity contribution in [3.63, 3.8) is 0 Å². The van der Waals surface area contributed by atoms with Crippen LogP contribution in [-0.4, -0.2) is 57.6 Å². The summed E-state index contributed by atoms with van der Waals surface area (Å²) in [4.78, 5) is 39.9. The summed E-state index contributed by atoms with van der Waals surface area (Å²) >= 11 is 0. The van der Waals surface area contributed by atoms with Crippen LogP contribution in [0.1, 0.15) is 86.2 Å². The van der Waals surface area contributed by atoms with Crippen LogP contribution in [0.25, 0.3) is 0 Å². The van der Waals surface area contributed by atoms with E-state index >= 15 is 0 Å². The van der Waals surface area contributed by atoms with E-state index in [1.54, 1.807) is 14.0 Å². The van der Waals surface area contributed by atoms with Crippen LogP contribution in [0.3, 0.4) is 0 Å². The van der Waals surface area contributed by atoms with Gasteiger partial charge in [-0.3, -0.25) is 19.1 Å². The van der Waals surface area contributed by atoms with Crippen LogP contribution in [0.2, 0.25) is 0 Å². The van der Waals surface area contributed by atoms with Gasteiger partial charge in [0.15, 0.2) is 5.69 Å². The molecule has 1 aromatic heterocycles. The van der Waals surface area contributed by atoms with Crippen LogP contribution in [0.4, 0.5) is 0 Å². The fourth-order valence-corrected chi connectivity index (χ4v) is 4.07. The Hall–Kier alpha value is -2.38. The Morgan fingerprint density at radius 1 is 1.24 bits per heavy atom. The van der Waals surface area contributed by atoms with Gasteiger partial charge in [0.05, 0.1) is 6.54 Å². The SMILES string of the molecule is CCCCNC(=O)c1cc2n(n1)C[C@@](C)(C(=O)NC1CCCCCC1)N(C)C2=O. The number of fused-ring (bicyclic) bond motifs is 1. The summed E-state index contributed by atoms with van der Waals surface area (Å²) in [7, 11) is 1.65. The molecule has 2 aliphatic rings. The molecule has 1 atom stereocenters. The fraction of sp³-hybridized carbons (Fsp3) is 0.714. The van der Waals surface area contributed by atoms with E-state index in [0.29, 0.717) is 12.2 Å². The summed E-state index contributed by atoms with van der Waals surface area (Å²) in [6, 6.07) is 1.67. The molecule has 1 aliphatic heterocycles. The summed E-state index contributed by atoms with van der Waals surface area (Å²) in [5, 5.41) is 10.3. The van der Waals surface area contributed by atoms with Gasteiger partial charge in [0.25, 0.3) is 11.8 Å². The largest absolute Gasteiger partial charge is 0.351 e. The van der Waals surface area contributed by atoms with Crippen LogP contribution < -0.4 is 10.6 Å². The van der Waals surface area contributed by atoms with Gasteiger partial charge in [-0.05, 0) is 26.2 Å². The molecule has 3 amide bonds. The number of nitrogens with zero attached hydrogens (tertiary/aromatic N) is 3. The Bertz CT molecular complexity index is 766. The number of likely N-dealkylation sites (N-methyl/N-ethyl adjacent to an activating group) is 1. The zero-order valence-electron chi connectivity index (χ0n) is 17.8. The molecule has 0 bridgehead atoms. The maximum absolute atomic E-state index is 13.2. The van der Waals surface area contributed by atoms with Gasteiger partial charge in [-0.1, -0.05) is 39.0 Å². The van der Waals surface area contributed by atoms with Gasteiger partial charge < -0.3 is 15.5 Å². The highest BCUT2D eigenvalue weighted by Crippen LogP contribution is 2.27. The normalized spacial score (nSPS) is 22.7. The molecule has 1 fully saturated rings. The molecular formula is C21H33N5O3. The number of unbranched alkanes of at least 4 members (excludes halogenated alkanes) is 1. The van der Waals surface area contributed by atoms with E-state index in [1.165, 1.54) is 28.5 Å². The molecule has 160 valence electrons. The van der Waals surface area contributed by atoms with Crippen LogP contribution in [0, 0.1) is 0 Å². The van der Waals surface area contributed by atoms with Crippen LogP contribution in [0.15, 0.2) is 6.07 Å². The molecule has 0 saturated heterocycles. The lowest BCUT2D eigenvalue weighted by molar-refractivity contribution is -0.133. The number of carbonyl (C=O) groups excluding carboxylic acids is 3. The molecule has 0 radical (unpaired) electrons. The van der Waals surface area contributed by atoms with E-state index in [-0.39, 0.29) is 36.0 Å². The number of aromatic nitrogens is 2. The minimum Gasteiger partial charge on any atom is -0.351 e. The average Bonchev–Trinajstić information content (AvgIpc) is 2.95. The van der Waals surface area contributed by atoms with Crippen molar-refractivity contribution < 1.29 is 14.4 Å². The second-order valence-electron chi connectivity index (χ2n) is 8.48. The average molecular weight is 404 g/mol. The minimum absolute atomic E-state index is 0.157. The van der Waals surface area contributed by atoms with Gasteiger partial charge in [0.1, 0.15) is 11.2 Å². The molecule has 0 aromatic carbocycles. The molecule has 0 spiro atoms. The highest BCUT2D eigenvalue weighted by Gasteiger charge is 2.46. The van der Waals surface area contributed by atoms with Crippen molar-refractivity contribution in [1.29, 1.82) is 0 Å². The molecule has 3 rings (SSSR count). The first-order valence-corrected chi connectivity index (χ1v) is 10.8. The number of amides is 3. The van der Waals surface area contributed by atoms with E-state index in [4.69, 9.17) is 0 Å². The molecule has 8 nitrogen and oxygen atoms in total. The highest BCUT2D eigenvalue weighted by atomic mass is 16.2. The quantitative estimate of drug-likeness (QED) is 0.562. The number of hydrogen-bond acceptors (Lipinski definition) is 4. The molecule has 0 unspecified atom stereocenters. The fourth-order valence-electron chi connectivity index (χ4n) is 4.07. The molecule has 8 heteroatoms. The lowest BCUT2D eigenvalue weighted by atomic mass is 9.95. The summed E-state index contributed by atoms with van der Waals surface area (Å²) < 4.78 is 1.50. The van der Waals surface area contributed by atoms with Crippen molar-refractivity contribution in [2.75, 3.05) is 13.6 Å². The number of rotatable bonds is 6. The smallest absolute Gasteiger partial charge is 0.272 e. The van der Waals surface area contributed by atoms with Crippen molar-refractivity contribution in [2.24, 2.45) is 0 Å². The predicted octanol–water partition coefficient (Wildman–Crippen LogP) is 2.10. The zero-order chi connectivity index (χ0) is 21.0. The summed E-state index contributed by atoms with van der Waals surface area (Å²) in [5.41, 5.74) is -0.489. The van der Waals surface area contributed by atoms with Crippen molar-refractivity contribution in [2.45, 2.75) is 83.3 Å². The Labute approximate surface area is 172 Å². The Morgan fingerprint density at radius 2 is 1.93 bits per heavy atom. The van der Waals surface area contributed by atoms with Gasteiger partial charge in [-0.2, -0.15) is 5.10 Å². The maximum atomic E-state index is 13.2. The van der Waals surface area contributed by atoms with Gasteiger partial charge >= 0.3 is 0 Å². The van der Waals surface area contributed by atoms with Crippen molar-refractivity contribution >= 4 is 17.7 Å². The van der Waals surface area contributed by atoms with Crippen molar-refractivity contribution in [3.05, 3.63) is 17.5 Å². The number of nitrogens with one attached hydrogen (secondary N) is 2. The third-order valence-electron chi connectivity index (χ3n) is 6.23. The van der Waals surface area contributed by atoms with Gasteiger partial charge in [-0.15, -0.1) is 0 Å². The van der Waals surface area contributed by atoms with Crippen LogP contribution in [-0.2, 0) is 11.3 Å². The lowest BCUT2D eigenvalue weighted by Gasteiger charge is -2.41. The molecule has 1 saturated carbocycles. The Balaban J connectivity index is 1.75. The third-order valence-corrected chi connectivity index (χ3v) is 6.23. The first-order chi connectivity index (χ1) is 13.9. The molecule has 2 heterocycles. The van der Waals surface area contributed by atoms with Gasteiger partial charge in [0.2, 0.25) is 5.91 Å². The van der Waals surface area contributed by atoms with Gasteiger partial charge in [-0.25, -0.2) is 0 Å².